The molecule has 0 aromatic carbocycles. The largest absolute Gasteiger partial charge is 0.303 e. The van der Waals surface area contributed by atoms with Gasteiger partial charge in [0.2, 0.25) is 0 Å². The molecule has 0 aromatic heterocycles. The molecule has 0 radical (unpaired) electrons. The average molecular weight is 274 g/mol. The maximum atomic E-state index is 3.68. The molecule has 0 saturated heterocycles. The molecule has 0 unspecified atom stereocenters. The third-order valence-corrected chi connectivity index (χ3v) is 4.92. The van der Waals surface area contributed by atoms with E-state index in [2.05, 4.69) is 27.9 Å². The van der Waals surface area contributed by atoms with Gasteiger partial charge in [-0.1, -0.05) is 41.6 Å². The zero-order chi connectivity index (χ0) is 10.7. The molecule has 0 heterocycles. The lowest BCUT2D eigenvalue weighted by atomic mass is 9.84. The fraction of sp³-hybridized carbons (Fsp3) is 1.00. The van der Waals surface area contributed by atoms with Crippen molar-refractivity contribution in [3.05, 3.63) is 0 Å². The van der Waals surface area contributed by atoms with Crippen LogP contribution in [0, 0.1) is 5.92 Å². The van der Waals surface area contributed by atoms with Gasteiger partial charge in [-0.3, -0.25) is 0 Å². The molecule has 0 aromatic rings. The van der Waals surface area contributed by atoms with E-state index >= 15 is 0 Å². The lowest BCUT2D eigenvalue weighted by molar-refractivity contribution is 0.155. The quantitative estimate of drug-likeness (QED) is 0.558. The van der Waals surface area contributed by atoms with Gasteiger partial charge in [0.05, 0.1) is 0 Å². The van der Waals surface area contributed by atoms with E-state index in [-0.39, 0.29) is 0 Å². The molecule has 2 fully saturated rings. The first kappa shape index (κ1) is 11.9. The highest BCUT2D eigenvalue weighted by atomic mass is 79.9. The minimum absolute atomic E-state index is 0.824. The van der Waals surface area contributed by atoms with Gasteiger partial charge >= 0.3 is 0 Å². The molecule has 0 bridgehead atoms. The molecule has 0 atom stereocenters. The fourth-order valence-corrected chi connectivity index (χ4v) is 4.12. The Hall–Kier alpha value is 0.440. The minimum atomic E-state index is 0.824. The maximum absolute atomic E-state index is 3.68. The number of alkyl halides is 1. The highest BCUT2D eigenvalue weighted by molar-refractivity contribution is 9.09. The monoisotopic (exact) mass is 273 g/mol. The first-order chi connectivity index (χ1) is 7.25. The number of hydrogen-bond donors (Lipinski definition) is 0. The van der Waals surface area contributed by atoms with Crippen LogP contribution in [0.4, 0.5) is 0 Å². The van der Waals surface area contributed by atoms with Crippen molar-refractivity contribution < 1.29 is 0 Å². The number of nitrogens with zero attached hydrogens (tertiary/aromatic N) is 1. The Bertz CT molecular complexity index is 181. The molecule has 0 amide bonds. The summed E-state index contributed by atoms with van der Waals surface area (Å²) in [5.41, 5.74) is 0. The molecule has 15 heavy (non-hydrogen) atoms. The van der Waals surface area contributed by atoms with Gasteiger partial charge in [-0.25, -0.2) is 0 Å². The zero-order valence-electron chi connectivity index (χ0n) is 9.92. The van der Waals surface area contributed by atoms with Crippen molar-refractivity contribution in [1.29, 1.82) is 0 Å². The maximum Gasteiger partial charge on any atom is 0.0152 e. The van der Waals surface area contributed by atoms with Crippen molar-refractivity contribution in [1.82, 2.24) is 4.90 Å². The highest BCUT2D eigenvalue weighted by Crippen LogP contribution is 2.34. The van der Waals surface area contributed by atoms with E-state index in [0.717, 1.165) is 16.8 Å². The van der Waals surface area contributed by atoms with Crippen molar-refractivity contribution >= 4 is 15.9 Å². The van der Waals surface area contributed by atoms with Gasteiger partial charge in [0.15, 0.2) is 0 Å². The first-order valence-corrected chi connectivity index (χ1v) is 7.51. The molecule has 2 aliphatic rings. The Morgan fingerprint density at radius 2 is 1.67 bits per heavy atom. The molecular weight excluding hydrogens is 250 g/mol. The fourth-order valence-electron chi connectivity index (χ4n) is 3.06. The van der Waals surface area contributed by atoms with Crippen LogP contribution in [-0.2, 0) is 0 Å². The van der Waals surface area contributed by atoms with Crippen molar-refractivity contribution in [2.45, 2.75) is 62.2 Å². The molecule has 2 rings (SSSR count). The van der Waals surface area contributed by atoms with Crippen LogP contribution in [0.5, 0.6) is 0 Å². The van der Waals surface area contributed by atoms with E-state index in [1.54, 1.807) is 0 Å². The Labute approximate surface area is 103 Å². The van der Waals surface area contributed by atoms with Gasteiger partial charge in [0, 0.05) is 17.4 Å². The van der Waals surface area contributed by atoms with Crippen molar-refractivity contribution in [2.24, 2.45) is 5.92 Å². The van der Waals surface area contributed by atoms with Crippen LogP contribution in [0.2, 0.25) is 0 Å². The van der Waals surface area contributed by atoms with Gasteiger partial charge in [0.25, 0.3) is 0 Å². The average Bonchev–Trinajstić information content (AvgIpc) is 2.43. The molecular formula is C13H24BrN. The second-order valence-corrected chi connectivity index (χ2v) is 6.81. The Morgan fingerprint density at radius 1 is 1.07 bits per heavy atom. The molecule has 88 valence electrons. The summed E-state index contributed by atoms with van der Waals surface area (Å²) in [7, 11) is 2.34. The predicted octanol–water partition coefficient (Wildman–Crippen LogP) is 3.81. The summed E-state index contributed by atoms with van der Waals surface area (Å²) in [6, 6.07) is 0.891. The summed E-state index contributed by atoms with van der Waals surface area (Å²) in [5.74, 6) is 0.975. The lowest BCUT2D eigenvalue weighted by Crippen LogP contribution is -2.39. The van der Waals surface area contributed by atoms with Crippen LogP contribution in [-0.4, -0.2) is 29.4 Å². The Balaban J connectivity index is 1.71. The van der Waals surface area contributed by atoms with Crippen molar-refractivity contribution in [3.63, 3.8) is 0 Å². The van der Waals surface area contributed by atoms with Gasteiger partial charge in [-0.15, -0.1) is 0 Å². The summed E-state index contributed by atoms with van der Waals surface area (Å²) < 4.78 is 0. The molecule has 2 aliphatic carbocycles. The summed E-state index contributed by atoms with van der Waals surface area (Å²) in [6.45, 7) is 1.34. The van der Waals surface area contributed by atoms with Gasteiger partial charge in [0.1, 0.15) is 0 Å². The third-order valence-electron chi connectivity index (χ3n) is 4.17. The number of hydrogen-bond acceptors (Lipinski definition) is 1. The van der Waals surface area contributed by atoms with Crippen LogP contribution in [0.1, 0.15) is 51.4 Å². The second kappa shape index (κ2) is 5.67. The summed E-state index contributed by atoms with van der Waals surface area (Å²) in [5, 5.41) is 0. The Kier molecular flexibility index (Phi) is 4.51. The lowest BCUT2D eigenvalue weighted by Gasteiger charge is -2.37. The molecule has 2 heteroatoms. The van der Waals surface area contributed by atoms with E-state index in [4.69, 9.17) is 0 Å². The van der Waals surface area contributed by atoms with Crippen LogP contribution in [0.3, 0.4) is 0 Å². The first-order valence-electron chi connectivity index (χ1n) is 6.60. The smallest absolute Gasteiger partial charge is 0.0152 e. The SMILES string of the molecule is CN(CC1CC(Br)C1)C1CCCCCC1. The van der Waals surface area contributed by atoms with E-state index in [0.29, 0.717) is 0 Å². The van der Waals surface area contributed by atoms with E-state index < -0.39 is 0 Å². The van der Waals surface area contributed by atoms with Crippen LogP contribution < -0.4 is 0 Å². The molecule has 1 nitrogen and oxygen atoms in total. The molecule has 2 saturated carbocycles. The normalized spacial score (nSPS) is 33.8. The second-order valence-electron chi connectivity index (χ2n) is 5.52. The van der Waals surface area contributed by atoms with Gasteiger partial charge < -0.3 is 4.90 Å². The zero-order valence-corrected chi connectivity index (χ0v) is 11.5. The van der Waals surface area contributed by atoms with Crippen molar-refractivity contribution in [2.75, 3.05) is 13.6 Å². The summed E-state index contributed by atoms with van der Waals surface area (Å²) in [4.78, 5) is 3.47. The summed E-state index contributed by atoms with van der Waals surface area (Å²) in [6.07, 6.45) is 11.5. The van der Waals surface area contributed by atoms with Gasteiger partial charge in [-0.2, -0.15) is 0 Å². The molecule has 0 aliphatic heterocycles. The van der Waals surface area contributed by atoms with Crippen LogP contribution >= 0.6 is 15.9 Å². The van der Waals surface area contributed by atoms with E-state index in [1.165, 1.54) is 57.9 Å². The van der Waals surface area contributed by atoms with Crippen LogP contribution in [0.25, 0.3) is 0 Å². The molecule has 0 spiro atoms. The number of rotatable bonds is 3. The van der Waals surface area contributed by atoms with Gasteiger partial charge in [-0.05, 0) is 38.6 Å². The predicted molar refractivity (Wildman–Crippen MR) is 69.6 cm³/mol. The minimum Gasteiger partial charge on any atom is -0.303 e. The molecule has 0 N–H and O–H groups in total. The number of halogens is 1. The van der Waals surface area contributed by atoms with E-state index in [1.807, 2.05) is 0 Å². The highest BCUT2D eigenvalue weighted by Gasteiger charge is 2.29. The van der Waals surface area contributed by atoms with Crippen LogP contribution in [0.15, 0.2) is 0 Å². The van der Waals surface area contributed by atoms with E-state index in [9.17, 15) is 0 Å². The summed E-state index contributed by atoms with van der Waals surface area (Å²) >= 11 is 3.68. The van der Waals surface area contributed by atoms with Crippen molar-refractivity contribution in [3.8, 4) is 0 Å². The Morgan fingerprint density at radius 3 is 2.20 bits per heavy atom. The topological polar surface area (TPSA) is 3.24 Å². The standard InChI is InChI=1S/C13H24BrN/c1-15(10-11-8-12(14)9-11)13-6-4-2-3-5-7-13/h11-13H,2-10H2,1H3. The third kappa shape index (κ3) is 3.45.